The van der Waals surface area contributed by atoms with E-state index in [1.807, 2.05) is 12.4 Å². The van der Waals surface area contributed by atoms with E-state index in [9.17, 15) is 0 Å². The summed E-state index contributed by atoms with van der Waals surface area (Å²) in [6.45, 7) is 5.58. The molecule has 0 radical (unpaired) electrons. The SMILES string of the molecule is c1ccc2c(c1)ncn2Cc1ccc2c(c1)CCc1cc(CN3CCOCC3)ccc1N2. The molecule has 1 N–H and O–H groups in total. The molecular weight excluding hydrogens is 396 g/mol. The average Bonchev–Trinajstić information content (AvgIpc) is 3.14. The van der Waals surface area contributed by atoms with Gasteiger partial charge in [-0.15, -0.1) is 0 Å². The Kier molecular flexibility index (Phi) is 5.13. The number of para-hydroxylation sites is 2. The molecule has 0 amide bonds. The fraction of sp³-hybridized carbons (Fsp3) is 0.296. The minimum absolute atomic E-state index is 0.838. The van der Waals surface area contributed by atoms with E-state index in [1.165, 1.54) is 39.1 Å². The summed E-state index contributed by atoms with van der Waals surface area (Å²) in [5.41, 5.74) is 10.2. The second-order valence-corrected chi connectivity index (χ2v) is 8.86. The first-order chi connectivity index (χ1) is 15.8. The molecule has 0 saturated carbocycles. The first kappa shape index (κ1) is 19.5. The van der Waals surface area contributed by atoms with Crippen LogP contribution in [0.4, 0.5) is 11.4 Å². The molecule has 0 unspecified atom stereocenters. The third kappa shape index (κ3) is 3.90. The van der Waals surface area contributed by atoms with Gasteiger partial charge in [0.25, 0.3) is 0 Å². The molecule has 6 rings (SSSR count). The lowest BCUT2D eigenvalue weighted by Gasteiger charge is -2.26. The minimum atomic E-state index is 0.838. The van der Waals surface area contributed by atoms with Crippen LogP contribution >= 0.6 is 0 Å². The summed E-state index contributed by atoms with van der Waals surface area (Å²) in [6.07, 6.45) is 4.05. The maximum absolute atomic E-state index is 5.49. The summed E-state index contributed by atoms with van der Waals surface area (Å²) in [7, 11) is 0. The van der Waals surface area contributed by atoms with Crippen LogP contribution in [0.2, 0.25) is 0 Å². The molecule has 162 valence electrons. The predicted octanol–water partition coefficient (Wildman–Crippen LogP) is 4.76. The van der Waals surface area contributed by atoms with Gasteiger partial charge in [-0.25, -0.2) is 4.98 Å². The van der Waals surface area contributed by atoms with Crippen molar-refractivity contribution in [3.05, 3.63) is 89.2 Å². The molecule has 2 aliphatic rings. The Morgan fingerprint density at radius 2 is 1.50 bits per heavy atom. The monoisotopic (exact) mass is 424 g/mol. The van der Waals surface area contributed by atoms with Gasteiger partial charge in [0, 0.05) is 37.6 Å². The molecule has 4 aromatic rings. The van der Waals surface area contributed by atoms with Crippen molar-refractivity contribution >= 4 is 22.4 Å². The quantitative estimate of drug-likeness (QED) is 0.513. The molecular formula is C27H28N4O. The van der Waals surface area contributed by atoms with Crippen LogP contribution in [0, 0.1) is 0 Å². The lowest BCUT2D eigenvalue weighted by molar-refractivity contribution is 0.0342. The van der Waals surface area contributed by atoms with Crippen LogP contribution < -0.4 is 5.32 Å². The van der Waals surface area contributed by atoms with Crippen LogP contribution in [0.15, 0.2) is 67.0 Å². The number of aromatic nitrogens is 2. The van der Waals surface area contributed by atoms with Crippen molar-refractivity contribution in [2.45, 2.75) is 25.9 Å². The van der Waals surface area contributed by atoms with Crippen LogP contribution in [0.5, 0.6) is 0 Å². The number of nitrogens with one attached hydrogen (secondary N) is 1. The van der Waals surface area contributed by atoms with Gasteiger partial charge in [0.05, 0.1) is 30.6 Å². The van der Waals surface area contributed by atoms with Crippen molar-refractivity contribution in [3.63, 3.8) is 0 Å². The molecule has 5 heteroatoms. The molecule has 1 fully saturated rings. The highest BCUT2D eigenvalue weighted by Gasteiger charge is 2.16. The summed E-state index contributed by atoms with van der Waals surface area (Å²) in [5.74, 6) is 0. The number of ether oxygens (including phenoxy) is 1. The molecule has 5 nitrogen and oxygen atoms in total. The second-order valence-electron chi connectivity index (χ2n) is 8.86. The van der Waals surface area contributed by atoms with Gasteiger partial charge >= 0.3 is 0 Å². The molecule has 0 aliphatic carbocycles. The Morgan fingerprint density at radius 3 is 2.25 bits per heavy atom. The number of imidazole rings is 1. The third-order valence-corrected chi connectivity index (χ3v) is 6.66. The molecule has 3 aromatic carbocycles. The number of anilines is 2. The first-order valence-corrected chi connectivity index (χ1v) is 11.5. The molecule has 32 heavy (non-hydrogen) atoms. The number of morpholine rings is 1. The summed E-state index contributed by atoms with van der Waals surface area (Å²) < 4.78 is 7.72. The van der Waals surface area contributed by atoms with E-state index in [0.717, 1.165) is 57.8 Å². The Bertz CT molecular complexity index is 1260. The van der Waals surface area contributed by atoms with Crippen molar-refractivity contribution in [2.24, 2.45) is 0 Å². The highest BCUT2D eigenvalue weighted by molar-refractivity contribution is 5.75. The van der Waals surface area contributed by atoms with Crippen LogP contribution in [-0.2, 0) is 30.7 Å². The molecule has 3 heterocycles. The van der Waals surface area contributed by atoms with Crippen LogP contribution in [0.3, 0.4) is 0 Å². The zero-order valence-corrected chi connectivity index (χ0v) is 18.3. The highest BCUT2D eigenvalue weighted by atomic mass is 16.5. The minimum Gasteiger partial charge on any atom is -0.379 e. The smallest absolute Gasteiger partial charge is 0.0961 e. The highest BCUT2D eigenvalue weighted by Crippen LogP contribution is 2.32. The first-order valence-electron chi connectivity index (χ1n) is 11.5. The number of rotatable bonds is 4. The molecule has 0 bridgehead atoms. The van der Waals surface area contributed by atoms with E-state index in [4.69, 9.17) is 4.74 Å². The predicted molar refractivity (Wildman–Crippen MR) is 129 cm³/mol. The van der Waals surface area contributed by atoms with Gasteiger partial charge < -0.3 is 14.6 Å². The lowest BCUT2D eigenvalue weighted by Crippen LogP contribution is -2.35. The van der Waals surface area contributed by atoms with Crippen LogP contribution in [0.1, 0.15) is 22.3 Å². The molecule has 0 spiro atoms. The van der Waals surface area contributed by atoms with Gasteiger partial charge in [-0.3, -0.25) is 4.90 Å². The Balaban J connectivity index is 1.20. The van der Waals surface area contributed by atoms with Crippen molar-refractivity contribution in [3.8, 4) is 0 Å². The number of nitrogens with zero attached hydrogens (tertiary/aromatic N) is 3. The fourth-order valence-electron chi connectivity index (χ4n) is 4.91. The van der Waals surface area contributed by atoms with E-state index < -0.39 is 0 Å². The maximum atomic E-state index is 5.49. The van der Waals surface area contributed by atoms with Gasteiger partial charge in [0.2, 0.25) is 0 Å². The standard InChI is InChI=1S/C27H28N4O/c1-2-4-27-26(3-1)28-19-31(27)18-21-6-10-25-23(16-21)8-7-22-15-20(5-9-24(22)29-25)17-30-11-13-32-14-12-30/h1-6,9-10,15-16,19,29H,7-8,11-14,17-18H2. The van der Waals surface area contributed by atoms with Crippen LogP contribution in [0.25, 0.3) is 11.0 Å². The number of fused-ring (bicyclic) bond motifs is 3. The normalized spacial score (nSPS) is 16.2. The Morgan fingerprint density at radius 1 is 0.812 bits per heavy atom. The van der Waals surface area contributed by atoms with Crippen molar-refractivity contribution in [1.29, 1.82) is 0 Å². The Labute approximate surface area is 188 Å². The average molecular weight is 425 g/mol. The van der Waals surface area contributed by atoms with Crippen LogP contribution in [-0.4, -0.2) is 40.8 Å². The maximum Gasteiger partial charge on any atom is 0.0961 e. The summed E-state index contributed by atoms with van der Waals surface area (Å²) in [6, 6.07) is 22.1. The van der Waals surface area contributed by atoms with Gasteiger partial charge in [0.1, 0.15) is 0 Å². The third-order valence-electron chi connectivity index (χ3n) is 6.66. The topological polar surface area (TPSA) is 42.3 Å². The number of benzene rings is 3. The second kappa shape index (κ2) is 8.41. The van der Waals surface area contributed by atoms with Crippen molar-refractivity contribution in [2.75, 3.05) is 31.6 Å². The Hall–Kier alpha value is -3.15. The largest absolute Gasteiger partial charge is 0.379 e. The van der Waals surface area contributed by atoms with Gasteiger partial charge in [-0.2, -0.15) is 0 Å². The number of hydrogen-bond acceptors (Lipinski definition) is 4. The van der Waals surface area contributed by atoms with E-state index >= 15 is 0 Å². The van der Waals surface area contributed by atoms with Gasteiger partial charge in [0.15, 0.2) is 0 Å². The molecule has 2 aliphatic heterocycles. The van der Waals surface area contributed by atoms with E-state index in [1.54, 1.807) is 0 Å². The summed E-state index contributed by atoms with van der Waals surface area (Å²) in [5, 5.41) is 3.70. The van der Waals surface area contributed by atoms with E-state index in [0.29, 0.717) is 0 Å². The van der Waals surface area contributed by atoms with E-state index in [2.05, 4.69) is 74.4 Å². The van der Waals surface area contributed by atoms with Gasteiger partial charge in [-0.05, 0) is 59.4 Å². The summed E-state index contributed by atoms with van der Waals surface area (Å²) >= 11 is 0. The molecule has 1 aromatic heterocycles. The van der Waals surface area contributed by atoms with Crippen molar-refractivity contribution < 1.29 is 4.74 Å². The molecule has 1 saturated heterocycles. The van der Waals surface area contributed by atoms with E-state index in [-0.39, 0.29) is 0 Å². The summed E-state index contributed by atoms with van der Waals surface area (Å²) in [4.78, 5) is 7.02. The van der Waals surface area contributed by atoms with Crippen molar-refractivity contribution in [1.82, 2.24) is 14.5 Å². The number of hydrogen-bond donors (Lipinski definition) is 1. The zero-order valence-electron chi connectivity index (χ0n) is 18.3. The fourth-order valence-corrected chi connectivity index (χ4v) is 4.91. The number of aryl methyl sites for hydroxylation is 2. The zero-order chi connectivity index (χ0) is 21.3. The lowest BCUT2D eigenvalue weighted by atomic mass is 10.0. The molecule has 0 atom stereocenters. The van der Waals surface area contributed by atoms with Gasteiger partial charge in [-0.1, -0.05) is 36.4 Å².